The SMILES string of the molecule is CN(C(=O)C(CC(=O)O)CC1CCOCC1)c1nc(-c2cc(F)ccc2-c2cnc3c(c2)CC(=O)N3C)cs1. The van der Waals surface area contributed by atoms with Gasteiger partial charge in [-0.2, -0.15) is 0 Å². The summed E-state index contributed by atoms with van der Waals surface area (Å²) in [6.45, 7) is 1.24. The molecule has 1 fully saturated rings. The zero-order valence-corrected chi connectivity index (χ0v) is 22.5. The van der Waals surface area contributed by atoms with Gasteiger partial charge in [0.2, 0.25) is 11.8 Å². The third-order valence-corrected chi connectivity index (χ3v) is 8.30. The number of ether oxygens (including phenoxy) is 1. The first-order valence-corrected chi connectivity index (χ1v) is 13.7. The van der Waals surface area contributed by atoms with E-state index in [0.29, 0.717) is 47.4 Å². The molecule has 0 saturated carbocycles. The number of fused-ring (bicyclic) bond motifs is 1. The van der Waals surface area contributed by atoms with Gasteiger partial charge >= 0.3 is 5.97 Å². The maximum absolute atomic E-state index is 14.4. The number of carbonyl (C=O) groups excluding carboxylic acids is 2. The zero-order chi connectivity index (χ0) is 27.7. The van der Waals surface area contributed by atoms with E-state index in [1.807, 2.05) is 6.07 Å². The number of anilines is 2. The minimum Gasteiger partial charge on any atom is -0.481 e. The van der Waals surface area contributed by atoms with Gasteiger partial charge in [-0.25, -0.2) is 14.4 Å². The molecule has 3 aromatic rings. The topological polar surface area (TPSA) is 113 Å². The fourth-order valence-electron chi connectivity index (χ4n) is 5.24. The van der Waals surface area contributed by atoms with Crippen molar-refractivity contribution in [3.8, 4) is 22.4 Å². The van der Waals surface area contributed by atoms with Crippen LogP contribution in [0.5, 0.6) is 0 Å². The molecule has 2 amide bonds. The Morgan fingerprint density at radius 1 is 1.26 bits per heavy atom. The van der Waals surface area contributed by atoms with E-state index >= 15 is 0 Å². The molecule has 0 bridgehead atoms. The summed E-state index contributed by atoms with van der Waals surface area (Å²) in [5.41, 5.74) is 3.24. The van der Waals surface area contributed by atoms with Gasteiger partial charge in [0.05, 0.1) is 18.5 Å². The van der Waals surface area contributed by atoms with Gasteiger partial charge in [-0.15, -0.1) is 11.3 Å². The molecule has 11 heteroatoms. The van der Waals surface area contributed by atoms with E-state index < -0.39 is 17.7 Å². The summed E-state index contributed by atoms with van der Waals surface area (Å²) in [4.78, 5) is 49.1. The number of carboxylic acids is 1. The Bertz CT molecular complexity index is 1420. The second kappa shape index (κ2) is 11.2. The van der Waals surface area contributed by atoms with Crippen LogP contribution >= 0.6 is 11.3 Å². The summed E-state index contributed by atoms with van der Waals surface area (Å²) in [5, 5.41) is 11.6. The monoisotopic (exact) mass is 552 g/mol. The Labute approximate surface area is 229 Å². The third kappa shape index (κ3) is 5.69. The van der Waals surface area contributed by atoms with Crippen molar-refractivity contribution in [3.05, 3.63) is 47.2 Å². The molecule has 1 aromatic carbocycles. The van der Waals surface area contributed by atoms with Crippen molar-refractivity contribution in [2.75, 3.05) is 37.1 Å². The van der Waals surface area contributed by atoms with Crippen molar-refractivity contribution >= 4 is 40.1 Å². The maximum Gasteiger partial charge on any atom is 0.304 e. The van der Waals surface area contributed by atoms with Crippen LogP contribution in [0.2, 0.25) is 0 Å². The normalized spacial score (nSPS) is 16.3. The number of amides is 2. The van der Waals surface area contributed by atoms with Crippen molar-refractivity contribution in [1.82, 2.24) is 9.97 Å². The number of aliphatic carboxylic acids is 1. The van der Waals surface area contributed by atoms with E-state index in [4.69, 9.17) is 4.74 Å². The van der Waals surface area contributed by atoms with Crippen molar-refractivity contribution in [2.45, 2.75) is 32.1 Å². The molecule has 2 aromatic heterocycles. The number of aromatic nitrogens is 2. The molecule has 1 atom stereocenters. The molecule has 9 nitrogen and oxygen atoms in total. The second-order valence-corrected chi connectivity index (χ2v) is 10.9. The zero-order valence-electron chi connectivity index (χ0n) is 21.7. The Balaban J connectivity index is 1.41. The Kier molecular flexibility index (Phi) is 7.72. The van der Waals surface area contributed by atoms with E-state index in [1.165, 1.54) is 33.3 Å². The smallest absolute Gasteiger partial charge is 0.304 e. The quantitative estimate of drug-likeness (QED) is 0.441. The molecular weight excluding hydrogens is 523 g/mol. The number of halogens is 1. The van der Waals surface area contributed by atoms with Gasteiger partial charge in [-0.1, -0.05) is 6.07 Å². The number of hydrogen-bond acceptors (Lipinski definition) is 7. The van der Waals surface area contributed by atoms with Crippen LogP contribution in [0.4, 0.5) is 15.3 Å². The van der Waals surface area contributed by atoms with Gasteiger partial charge in [0.15, 0.2) is 5.13 Å². The lowest BCUT2D eigenvalue weighted by Gasteiger charge is -2.27. The second-order valence-electron chi connectivity index (χ2n) is 10.0. The predicted octanol–water partition coefficient (Wildman–Crippen LogP) is 4.40. The number of carbonyl (C=O) groups is 3. The first-order chi connectivity index (χ1) is 18.7. The average molecular weight is 553 g/mol. The standard InChI is InChI=1S/C28H29FN4O5S/c1-32-24(34)11-17-10-19(14-30-26(17)32)21-4-3-20(29)13-22(21)23-15-39-28(31-23)33(2)27(37)18(12-25(35)36)9-16-5-7-38-8-6-16/h3-4,10,13-16,18H,5-9,11-12H2,1-2H3,(H,35,36). The van der Waals surface area contributed by atoms with E-state index in [-0.39, 0.29) is 30.6 Å². The van der Waals surface area contributed by atoms with Gasteiger partial charge < -0.3 is 9.84 Å². The average Bonchev–Trinajstić information content (AvgIpc) is 3.52. The molecule has 2 aliphatic heterocycles. The number of likely N-dealkylation sites (N-methyl/N-ethyl adjacent to an activating group) is 1. The van der Waals surface area contributed by atoms with E-state index in [1.54, 1.807) is 31.7 Å². The molecule has 0 radical (unpaired) electrons. The molecule has 204 valence electrons. The van der Waals surface area contributed by atoms with E-state index in [2.05, 4.69) is 9.97 Å². The molecule has 0 aliphatic carbocycles. The van der Waals surface area contributed by atoms with Gasteiger partial charge in [-0.3, -0.25) is 24.2 Å². The van der Waals surface area contributed by atoms with Gasteiger partial charge in [0.25, 0.3) is 0 Å². The Hall–Kier alpha value is -3.70. The summed E-state index contributed by atoms with van der Waals surface area (Å²) in [7, 11) is 3.28. The molecule has 2 aliphatic rings. The van der Waals surface area contributed by atoms with E-state index in [9.17, 15) is 23.9 Å². The van der Waals surface area contributed by atoms with Crippen LogP contribution in [0, 0.1) is 17.7 Å². The molecule has 1 saturated heterocycles. The number of nitrogens with zero attached hydrogens (tertiary/aromatic N) is 4. The first kappa shape index (κ1) is 26.9. The fraction of sp³-hybridized carbons (Fsp3) is 0.393. The van der Waals surface area contributed by atoms with Crippen LogP contribution < -0.4 is 9.80 Å². The Morgan fingerprint density at radius 2 is 2.03 bits per heavy atom. The summed E-state index contributed by atoms with van der Waals surface area (Å²) in [5.74, 6) is -1.63. The molecule has 1 unspecified atom stereocenters. The minimum absolute atomic E-state index is 0.0381. The summed E-state index contributed by atoms with van der Waals surface area (Å²) >= 11 is 1.23. The lowest BCUT2D eigenvalue weighted by molar-refractivity contribution is -0.141. The number of benzene rings is 1. The first-order valence-electron chi connectivity index (χ1n) is 12.8. The predicted molar refractivity (Wildman–Crippen MR) is 145 cm³/mol. The molecule has 0 spiro atoms. The lowest BCUT2D eigenvalue weighted by Crippen LogP contribution is -2.35. The highest BCUT2D eigenvalue weighted by Crippen LogP contribution is 2.38. The van der Waals surface area contributed by atoms with Crippen molar-refractivity contribution < 1.29 is 28.6 Å². The van der Waals surface area contributed by atoms with E-state index in [0.717, 1.165) is 24.0 Å². The van der Waals surface area contributed by atoms with Gasteiger partial charge in [0.1, 0.15) is 11.6 Å². The third-order valence-electron chi connectivity index (χ3n) is 7.38. The number of pyridine rings is 1. The van der Waals surface area contributed by atoms with Crippen LogP contribution in [-0.4, -0.2) is 60.2 Å². The highest BCUT2D eigenvalue weighted by molar-refractivity contribution is 7.14. The van der Waals surface area contributed by atoms with Crippen LogP contribution in [0.3, 0.4) is 0 Å². The fourth-order valence-corrected chi connectivity index (χ4v) is 6.03. The number of hydrogen-bond donors (Lipinski definition) is 1. The van der Waals surface area contributed by atoms with Crippen LogP contribution in [0.25, 0.3) is 22.4 Å². The minimum atomic E-state index is -1.02. The molecule has 4 heterocycles. The van der Waals surface area contributed by atoms with Crippen LogP contribution in [0.15, 0.2) is 35.8 Å². The van der Waals surface area contributed by atoms with Crippen LogP contribution in [0.1, 0.15) is 31.2 Å². The van der Waals surface area contributed by atoms with Gasteiger partial charge in [-0.05, 0) is 48.9 Å². The summed E-state index contributed by atoms with van der Waals surface area (Å²) in [6.07, 6.45) is 3.74. The molecule has 1 N–H and O–H groups in total. The summed E-state index contributed by atoms with van der Waals surface area (Å²) in [6, 6.07) is 6.29. The molecular formula is C28H29FN4O5S. The van der Waals surface area contributed by atoms with Crippen molar-refractivity contribution in [1.29, 1.82) is 0 Å². The van der Waals surface area contributed by atoms with Gasteiger partial charge in [0, 0.05) is 61.5 Å². The Morgan fingerprint density at radius 3 is 2.77 bits per heavy atom. The highest BCUT2D eigenvalue weighted by Gasteiger charge is 2.31. The summed E-state index contributed by atoms with van der Waals surface area (Å²) < 4.78 is 19.8. The highest BCUT2D eigenvalue weighted by atomic mass is 32.1. The molecule has 39 heavy (non-hydrogen) atoms. The molecule has 5 rings (SSSR count). The number of carboxylic acid groups (broad SMARTS) is 1. The maximum atomic E-state index is 14.4. The van der Waals surface area contributed by atoms with Crippen molar-refractivity contribution in [3.63, 3.8) is 0 Å². The van der Waals surface area contributed by atoms with Crippen molar-refractivity contribution in [2.24, 2.45) is 11.8 Å². The largest absolute Gasteiger partial charge is 0.481 e. The number of thiazole rings is 1. The number of rotatable bonds is 8. The van der Waals surface area contributed by atoms with Crippen LogP contribution in [-0.2, 0) is 25.5 Å². The lowest BCUT2D eigenvalue weighted by atomic mass is 9.86.